The molecule has 1 aromatic heterocycles. The summed E-state index contributed by atoms with van der Waals surface area (Å²) >= 11 is 5.83. The summed E-state index contributed by atoms with van der Waals surface area (Å²) in [6.07, 6.45) is 5.25. The fourth-order valence-corrected chi connectivity index (χ4v) is 1.44. The zero-order valence-corrected chi connectivity index (χ0v) is 10.5. The Morgan fingerprint density at radius 1 is 1.29 bits per heavy atom. The molecule has 0 aliphatic heterocycles. The lowest BCUT2D eigenvalue weighted by Crippen LogP contribution is -2.08. The van der Waals surface area contributed by atoms with Crippen molar-refractivity contribution in [2.24, 2.45) is 5.10 Å². The van der Waals surface area contributed by atoms with Gasteiger partial charge in [0.05, 0.1) is 11.9 Å². The van der Waals surface area contributed by atoms with E-state index in [0.717, 1.165) is 16.3 Å². The summed E-state index contributed by atoms with van der Waals surface area (Å²) in [6, 6.07) is 7.56. The fourth-order valence-electron chi connectivity index (χ4n) is 1.31. The Morgan fingerprint density at radius 2 is 2.00 bits per heavy atom. The third kappa shape index (κ3) is 3.07. The van der Waals surface area contributed by atoms with Gasteiger partial charge in [0.1, 0.15) is 12.7 Å². The van der Waals surface area contributed by atoms with Crippen molar-refractivity contribution in [3.63, 3.8) is 0 Å². The first-order chi connectivity index (χ1) is 8.15. The maximum atomic E-state index is 5.83. The van der Waals surface area contributed by atoms with E-state index in [1.54, 1.807) is 17.3 Å². The molecule has 0 atom stereocenters. The molecule has 0 aliphatic carbocycles. The van der Waals surface area contributed by atoms with Gasteiger partial charge in [-0.1, -0.05) is 23.7 Å². The number of rotatable bonds is 3. The Bertz CT molecular complexity index is 514. The summed E-state index contributed by atoms with van der Waals surface area (Å²) in [6.45, 7) is 0. The maximum Gasteiger partial charge on any atom is 0.117 e. The molecular weight excluding hydrogens is 236 g/mol. The highest BCUT2D eigenvalue weighted by atomic mass is 35.5. The normalized spacial score (nSPS) is 11.0. The molecule has 0 unspecified atom stereocenters. The molecule has 0 spiro atoms. The zero-order chi connectivity index (χ0) is 12.3. The monoisotopic (exact) mass is 248 g/mol. The molecule has 17 heavy (non-hydrogen) atoms. The number of hydrogen-bond acceptors (Lipinski definition) is 2. The Hall–Kier alpha value is -1.81. The first-order valence-electron chi connectivity index (χ1n) is 5.16. The molecule has 1 heterocycles. The van der Waals surface area contributed by atoms with Crippen molar-refractivity contribution in [2.75, 3.05) is 14.1 Å². The lowest BCUT2D eigenvalue weighted by molar-refractivity contribution is 0.632. The molecule has 0 saturated carbocycles. The standard InChI is InChI=1S/C12H13ClN4/c1-16(2)9-15-17-7-12(14-8-17)10-3-5-11(13)6-4-10/h3-9H,1-2H3/b15-9+. The van der Waals surface area contributed by atoms with Gasteiger partial charge in [0.2, 0.25) is 0 Å². The highest BCUT2D eigenvalue weighted by Gasteiger charge is 2.01. The van der Waals surface area contributed by atoms with E-state index < -0.39 is 0 Å². The molecule has 0 radical (unpaired) electrons. The van der Waals surface area contributed by atoms with Gasteiger partial charge in [-0.25, -0.2) is 9.66 Å². The van der Waals surface area contributed by atoms with Crippen molar-refractivity contribution >= 4 is 17.9 Å². The van der Waals surface area contributed by atoms with E-state index in [9.17, 15) is 0 Å². The van der Waals surface area contributed by atoms with Gasteiger partial charge < -0.3 is 4.90 Å². The minimum Gasteiger partial charge on any atom is -0.367 e. The second kappa shape index (κ2) is 5.01. The minimum atomic E-state index is 0.721. The Balaban J connectivity index is 2.21. The summed E-state index contributed by atoms with van der Waals surface area (Å²) in [5.74, 6) is 0. The highest BCUT2D eigenvalue weighted by Crippen LogP contribution is 2.19. The van der Waals surface area contributed by atoms with Crippen LogP contribution < -0.4 is 0 Å². The maximum absolute atomic E-state index is 5.83. The Morgan fingerprint density at radius 3 is 2.65 bits per heavy atom. The minimum absolute atomic E-state index is 0.721. The van der Waals surface area contributed by atoms with Crippen molar-refractivity contribution in [1.29, 1.82) is 0 Å². The second-order valence-corrected chi connectivity index (χ2v) is 4.28. The second-order valence-electron chi connectivity index (χ2n) is 3.84. The van der Waals surface area contributed by atoms with Crippen molar-refractivity contribution in [1.82, 2.24) is 14.6 Å². The van der Waals surface area contributed by atoms with Gasteiger partial charge in [0, 0.05) is 24.7 Å². The molecule has 1 aromatic carbocycles. The first-order valence-corrected chi connectivity index (χ1v) is 5.54. The van der Waals surface area contributed by atoms with Gasteiger partial charge in [-0.2, -0.15) is 5.10 Å². The summed E-state index contributed by atoms with van der Waals surface area (Å²) in [4.78, 5) is 6.14. The SMILES string of the molecule is CN(C)/C=N/n1cnc(-c2ccc(Cl)cc2)c1. The van der Waals surface area contributed by atoms with Crippen LogP contribution in [-0.4, -0.2) is 35.0 Å². The molecule has 0 saturated heterocycles. The topological polar surface area (TPSA) is 33.4 Å². The number of benzene rings is 1. The largest absolute Gasteiger partial charge is 0.367 e. The van der Waals surface area contributed by atoms with Gasteiger partial charge in [0.25, 0.3) is 0 Å². The van der Waals surface area contributed by atoms with Crippen LogP contribution in [0, 0.1) is 0 Å². The number of hydrogen-bond donors (Lipinski definition) is 0. The number of imidazole rings is 1. The van der Waals surface area contributed by atoms with E-state index >= 15 is 0 Å². The molecule has 4 nitrogen and oxygen atoms in total. The van der Waals surface area contributed by atoms with E-state index in [0.29, 0.717) is 0 Å². The molecule has 0 N–H and O–H groups in total. The highest BCUT2D eigenvalue weighted by molar-refractivity contribution is 6.30. The van der Waals surface area contributed by atoms with Crippen molar-refractivity contribution in [3.05, 3.63) is 41.8 Å². The van der Waals surface area contributed by atoms with Crippen LogP contribution in [0.1, 0.15) is 0 Å². The number of halogens is 1. The van der Waals surface area contributed by atoms with Crippen LogP contribution in [-0.2, 0) is 0 Å². The molecule has 0 amide bonds. The van der Waals surface area contributed by atoms with Crippen LogP contribution in [0.15, 0.2) is 41.9 Å². The van der Waals surface area contributed by atoms with Crippen LogP contribution in [0.25, 0.3) is 11.3 Å². The number of aromatic nitrogens is 2. The van der Waals surface area contributed by atoms with Crippen molar-refractivity contribution in [3.8, 4) is 11.3 Å². The zero-order valence-electron chi connectivity index (χ0n) is 9.71. The summed E-state index contributed by atoms with van der Waals surface area (Å²) in [7, 11) is 3.83. The van der Waals surface area contributed by atoms with E-state index in [2.05, 4.69) is 10.1 Å². The van der Waals surface area contributed by atoms with Crippen LogP contribution in [0.2, 0.25) is 5.02 Å². The number of nitrogens with zero attached hydrogens (tertiary/aromatic N) is 4. The molecule has 0 fully saturated rings. The van der Waals surface area contributed by atoms with Crippen LogP contribution in [0.4, 0.5) is 0 Å². The van der Waals surface area contributed by atoms with Gasteiger partial charge in [0.15, 0.2) is 0 Å². The van der Waals surface area contributed by atoms with Gasteiger partial charge in [-0.15, -0.1) is 0 Å². The average Bonchev–Trinajstić information content (AvgIpc) is 2.76. The Kier molecular flexibility index (Phi) is 3.44. The van der Waals surface area contributed by atoms with Crippen LogP contribution in [0.5, 0.6) is 0 Å². The van der Waals surface area contributed by atoms with E-state index in [1.807, 2.05) is 49.5 Å². The molecule has 2 aromatic rings. The van der Waals surface area contributed by atoms with E-state index in [1.165, 1.54) is 0 Å². The molecule has 0 aliphatic rings. The van der Waals surface area contributed by atoms with Gasteiger partial charge in [-0.3, -0.25) is 0 Å². The predicted octanol–water partition coefficient (Wildman–Crippen LogP) is 2.56. The molecule has 2 rings (SSSR count). The average molecular weight is 249 g/mol. The quantitative estimate of drug-likeness (QED) is 0.618. The lowest BCUT2D eigenvalue weighted by atomic mass is 10.2. The third-order valence-electron chi connectivity index (χ3n) is 2.13. The van der Waals surface area contributed by atoms with E-state index in [-0.39, 0.29) is 0 Å². The molecule has 0 bridgehead atoms. The summed E-state index contributed by atoms with van der Waals surface area (Å²) < 4.78 is 1.67. The molecule has 88 valence electrons. The van der Waals surface area contributed by atoms with Crippen molar-refractivity contribution < 1.29 is 0 Å². The molecule has 5 heteroatoms. The van der Waals surface area contributed by atoms with Gasteiger partial charge in [-0.05, 0) is 12.1 Å². The fraction of sp³-hybridized carbons (Fsp3) is 0.167. The van der Waals surface area contributed by atoms with E-state index in [4.69, 9.17) is 11.6 Å². The third-order valence-corrected chi connectivity index (χ3v) is 2.38. The summed E-state index contributed by atoms with van der Waals surface area (Å²) in [5.41, 5.74) is 1.89. The Labute approximate surface area is 105 Å². The van der Waals surface area contributed by atoms with Crippen LogP contribution >= 0.6 is 11.6 Å². The first kappa shape index (κ1) is 11.7. The summed E-state index contributed by atoms with van der Waals surface area (Å²) in [5, 5.41) is 4.92. The van der Waals surface area contributed by atoms with Crippen molar-refractivity contribution in [2.45, 2.75) is 0 Å². The van der Waals surface area contributed by atoms with Gasteiger partial charge >= 0.3 is 0 Å². The predicted molar refractivity (Wildman–Crippen MR) is 70.3 cm³/mol. The smallest absolute Gasteiger partial charge is 0.117 e. The lowest BCUT2D eigenvalue weighted by Gasteiger charge is -2.01. The molecular formula is C12H13ClN4. The van der Waals surface area contributed by atoms with Crippen LogP contribution in [0.3, 0.4) is 0 Å².